The lowest BCUT2D eigenvalue weighted by molar-refractivity contribution is 0.104. The van der Waals surface area contributed by atoms with Crippen molar-refractivity contribution in [2.75, 3.05) is 13.2 Å². The van der Waals surface area contributed by atoms with Crippen LogP contribution in [0.3, 0.4) is 0 Å². The number of benzene rings is 2. The fraction of sp³-hybridized carbons (Fsp3) is 0.667. The summed E-state index contributed by atoms with van der Waals surface area (Å²) in [5, 5.41) is 0. The van der Waals surface area contributed by atoms with Gasteiger partial charge in [-0.15, -0.1) is 0 Å². The van der Waals surface area contributed by atoms with E-state index in [0.29, 0.717) is 12.2 Å². The number of allylic oxidation sites excluding steroid dienone is 1. The number of carbonyl (C=O) groups is 1. The third-order valence-electron chi connectivity index (χ3n) is 9.46. The van der Waals surface area contributed by atoms with Gasteiger partial charge in [0.05, 0.1) is 13.2 Å². The van der Waals surface area contributed by atoms with Crippen molar-refractivity contribution in [1.29, 1.82) is 0 Å². The van der Waals surface area contributed by atoms with Gasteiger partial charge in [0, 0.05) is 5.56 Å². The van der Waals surface area contributed by atoms with E-state index in [9.17, 15) is 4.79 Å². The van der Waals surface area contributed by atoms with Gasteiger partial charge in [0.1, 0.15) is 11.5 Å². The minimum Gasteiger partial charge on any atom is -0.494 e. The maximum Gasteiger partial charge on any atom is 0.185 e. The summed E-state index contributed by atoms with van der Waals surface area (Å²) in [6, 6.07) is 15.6. The van der Waals surface area contributed by atoms with E-state index in [1.807, 2.05) is 54.6 Å². The second kappa shape index (κ2) is 30.5. The summed E-state index contributed by atoms with van der Waals surface area (Å²) in [4.78, 5) is 12.8. The lowest BCUT2D eigenvalue weighted by Crippen LogP contribution is -2.00. The molecule has 0 saturated carbocycles. The zero-order valence-corrected chi connectivity index (χ0v) is 31.3. The van der Waals surface area contributed by atoms with Crippen molar-refractivity contribution in [2.24, 2.45) is 0 Å². The number of hydrogen-bond acceptors (Lipinski definition) is 3. The Bertz CT molecular complexity index is 1040. The van der Waals surface area contributed by atoms with Gasteiger partial charge < -0.3 is 9.47 Å². The van der Waals surface area contributed by atoms with E-state index < -0.39 is 0 Å². The maximum absolute atomic E-state index is 12.8. The van der Waals surface area contributed by atoms with Crippen molar-refractivity contribution in [3.63, 3.8) is 0 Å². The molecular weight excluding hydrogens is 588 g/mol. The summed E-state index contributed by atoms with van der Waals surface area (Å²) < 4.78 is 11.9. The molecule has 0 spiro atoms. The molecule has 0 heterocycles. The Morgan fingerprint density at radius 1 is 0.479 bits per heavy atom. The minimum atomic E-state index is -0.00996. The van der Waals surface area contributed by atoms with Crippen LogP contribution in [-0.2, 0) is 0 Å². The maximum atomic E-state index is 12.8. The Balaban J connectivity index is 1.50. The zero-order valence-electron chi connectivity index (χ0n) is 31.3. The van der Waals surface area contributed by atoms with Crippen LogP contribution >= 0.6 is 0 Å². The Morgan fingerprint density at radius 3 is 1.31 bits per heavy atom. The van der Waals surface area contributed by atoms with Gasteiger partial charge in [0.2, 0.25) is 0 Å². The van der Waals surface area contributed by atoms with E-state index in [0.717, 1.165) is 36.5 Å². The number of hydrogen-bond donors (Lipinski definition) is 0. The van der Waals surface area contributed by atoms with Crippen LogP contribution in [0.15, 0.2) is 54.6 Å². The van der Waals surface area contributed by atoms with Crippen molar-refractivity contribution in [3.05, 3.63) is 65.7 Å². The molecule has 2 rings (SSSR count). The molecule has 2 aromatic rings. The molecule has 0 radical (unpaired) electrons. The summed E-state index contributed by atoms with van der Waals surface area (Å²) in [7, 11) is 0. The van der Waals surface area contributed by atoms with Gasteiger partial charge in [-0.2, -0.15) is 0 Å². The van der Waals surface area contributed by atoms with Crippen LogP contribution in [0, 0.1) is 0 Å². The predicted molar refractivity (Wildman–Crippen MR) is 209 cm³/mol. The van der Waals surface area contributed by atoms with Crippen LogP contribution in [0.1, 0.15) is 197 Å². The standard InChI is InChI=1S/C45H72O3/c1-3-5-7-9-11-13-15-17-18-20-22-24-26-28-39-48-44-31-29-30-42(40-44)45(46)37-34-41-32-35-43(36-33-41)47-38-27-25-23-21-19-16-14-12-10-8-6-4-2/h29-37,40H,3-28,38-39H2,1-2H3/b37-34+. The highest BCUT2D eigenvalue weighted by Crippen LogP contribution is 2.18. The average molecular weight is 661 g/mol. The molecule has 0 aliphatic rings. The highest BCUT2D eigenvalue weighted by atomic mass is 16.5. The Morgan fingerprint density at radius 2 is 0.875 bits per heavy atom. The number of unbranched alkanes of at least 4 members (excludes halogenated alkanes) is 24. The van der Waals surface area contributed by atoms with E-state index in [2.05, 4.69) is 13.8 Å². The second-order valence-corrected chi connectivity index (χ2v) is 14.0. The van der Waals surface area contributed by atoms with Crippen LogP contribution in [-0.4, -0.2) is 19.0 Å². The van der Waals surface area contributed by atoms with E-state index in [-0.39, 0.29) is 5.78 Å². The first kappa shape index (κ1) is 41.6. The molecule has 0 bridgehead atoms. The number of carbonyl (C=O) groups excluding carboxylic acids is 1. The molecule has 0 amide bonds. The molecule has 0 aromatic heterocycles. The summed E-state index contributed by atoms with van der Waals surface area (Å²) in [5.41, 5.74) is 1.65. The highest BCUT2D eigenvalue weighted by Gasteiger charge is 2.05. The third-order valence-corrected chi connectivity index (χ3v) is 9.46. The summed E-state index contributed by atoms with van der Waals surface area (Å²) in [6.45, 7) is 6.04. The first-order valence-electron chi connectivity index (χ1n) is 20.4. The normalized spacial score (nSPS) is 11.4. The molecular formula is C45H72O3. The molecule has 0 aliphatic heterocycles. The van der Waals surface area contributed by atoms with Crippen molar-refractivity contribution < 1.29 is 14.3 Å². The molecule has 0 N–H and O–H groups in total. The van der Waals surface area contributed by atoms with Crippen molar-refractivity contribution in [1.82, 2.24) is 0 Å². The Hall–Kier alpha value is -2.55. The lowest BCUT2D eigenvalue weighted by atomic mass is 10.0. The van der Waals surface area contributed by atoms with Crippen LogP contribution in [0.5, 0.6) is 11.5 Å². The number of rotatable bonds is 33. The molecule has 0 atom stereocenters. The minimum absolute atomic E-state index is 0.00996. The molecule has 3 nitrogen and oxygen atoms in total. The first-order valence-corrected chi connectivity index (χ1v) is 20.4. The Labute approximate surface area is 296 Å². The van der Waals surface area contributed by atoms with E-state index in [1.165, 1.54) is 154 Å². The van der Waals surface area contributed by atoms with Crippen LogP contribution in [0.4, 0.5) is 0 Å². The topological polar surface area (TPSA) is 35.5 Å². The molecule has 0 saturated heterocycles. The summed E-state index contributed by atoms with van der Waals surface area (Å²) in [6.07, 6.45) is 38.6. The van der Waals surface area contributed by atoms with Gasteiger partial charge in [-0.3, -0.25) is 4.79 Å². The van der Waals surface area contributed by atoms with Crippen LogP contribution in [0.2, 0.25) is 0 Å². The zero-order chi connectivity index (χ0) is 34.2. The first-order chi connectivity index (χ1) is 23.7. The smallest absolute Gasteiger partial charge is 0.185 e. The van der Waals surface area contributed by atoms with Crippen LogP contribution in [0.25, 0.3) is 6.08 Å². The average Bonchev–Trinajstić information content (AvgIpc) is 3.11. The van der Waals surface area contributed by atoms with Gasteiger partial charge in [-0.05, 0) is 48.7 Å². The molecule has 0 unspecified atom stereocenters. The van der Waals surface area contributed by atoms with Crippen LogP contribution < -0.4 is 9.47 Å². The number of ether oxygens (including phenoxy) is 2. The third kappa shape index (κ3) is 22.9. The van der Waals surface area contributed by atoms with Crippen molar-refractivity contribution in [3.8, 4) is 11.5 Å². The monoisotopic (exact) mass is 661 g/mol. The largest absolute Gasteiger partial charge is 0.494 e. The fourth-order valence-electron chi connectivity index (χ4n) is 6.30. The van der Waals surface area contributed by atoms with E-state index in [4.69, 9.17) is 9.47 Å². The van der Waals surface area contributed by atoms with E-state index in [1.54, 1.807) is 6.08 Å². The molecule has 0 fully saturated rings. The SMILES string of the molecule is CCCCCCCCCCCCCCCCOc1cccc(C(=O)/C=C/c2ccc(OCCCCCCCCCCCCCC)cc2)c1. The van der Waals surface area contributed by atoms with Gasteiger partial charge in [-0.1, -0.05) is 198 Å². The van der Waals surface area contributed by atoms with Gasteiger partial charge in [-0.25, -0.2) is 0 Å². The molecule has 270 valence electrons. The quantitative estimate of drug-likeness (QED) is 0.0434. The van der Waals surface area contributed by atoms with Gasteiger partial charge in [0.25, 0.3) is 0 Å². The summed E-state index contributed by atoms with van der Waals surface area (Å²) >= 11 is 0. The summed E-state index contributed by atoms with van der Waals surface area (Å²) in [5.74, 6) is 1.66. The highest BCUT2D eigenvalue weighted by molar-refractivity contribution is 6.07. The lowest BCUT2D eigenvalue weighted by Gasteiger charge is -2.07. The second-order valence-electron chi connectivity index (χ2n) is 14.0. The molecule has 3 heteroatoms. The van der Waals surface area contributed by atoms with E-state index >= 15 is 0 Å². The fourth-order valence-corrected chi connectivity index (χ4v) is 6.30. The number of ketones is 1. The molecule has 2 aromatic carbocycles. The van der Waals surface area contributed by atoms with Crippen molar-refractivity contribution in [2.45, 2.75) is 181 Å². The molecule has 0 aliphatic carbocycles. The van der Waals surface area contributed by atoms with Gasteiger partial charge in [0.15, 0.2) is 5.78 Å². The predicted octanol–water partition coefficient (Wildman–Crippen LogP) is 14.5. The Kier molecular flexibility index (Phi) is 26.4. The van der Waals surface area contributed by atoms with Crippen molar-refractivity contribution >= 4 is 11.9 Å². The van der Waals surface area contributed by atoms with Gasteiger partial charge >= 0.3 is 0 Å². The molecule has 48 heavy (non-hydrogen) atoms.